The molecule has 0 aliphatic heterocycles. The lowest BCUT2D eigenvalue weighted by atomic mass is 10.1. The highest BCUT2D eigenvalue weighted by Gasteiger charge is 2.22. The standard InChI is InChI=1S/C14H15F2NOS/c1-8-5-6-19-14(8)13(9(2)17)18-12-4-3-10(15)7-11(12)16/h3-7,9,13H,17H2,1-2H3. The van der Waals surface area contributed by atoms with Crippen LogP contribution in [0.15, 0.2) is 29.6 Å². The van der Waals surface area contributed by atoms with E-state index in [4.69, 9.17) is 10.5 Å². The monoisotopic (exact) mass is 283 g/mol. The van der Waals surface area contributed by atoms with Gasteiger partial charge < -0.3 is 10.5 Å². The zero-order chi connectivity index (χ0) is 14.0. The Kier molecular flexibility index (Phi) is 4.17. The Morgan fingerprint density at radius 1 is 1.26 bits per heavy atom. The molecule has 19 heavy (non-hydrogen) atoms. The number of ether oxygens (including phenoxy) is 1. The van der Waals surface area contributed by atoms with Gasteiger partial charge in [-0.25, -0.2) is 8.78 Å². The second-order valence-electron chi connectivity index (χ2n) is 4.44. The van der Waals surface area contributed by atoms with Gasteiger partial charge in [0.25, 0.3) is 0 Å². The van der Waals surface area contributed by atoms with Gasteiger partial charge in [-0.05, 0) is 43.0 Å². The van der Waals surface area contributed by atoms with Crippen molar-refractivity contribution in [3.8, 4) is 5.75 Å². The maximum atomic E-state index is 13.6. The summed E-state index contributed by atoms with van der Waals surface area (Å²) in [5.41, 5.74) is 6.96. The molecule has 0 saturated carbocycles. The molecule has 0 saturated heterocycles. The molecule has 2 atom stereocenters. The predicted octanol–water partition coefficient (Wildman–Crippen LogP) is 3.80. The molecule has 2 unspecified atom stereocenters. The van der Waals surface area contributed by atoms with Gasteiger partial charge in [-0.1, -0.05) is 0 Å². The van der Waals surface area contributed by atoms with E-state index in [2.05, 4.69) is 0 Å². The number of thiophene rings is 1. The molecular formula is C14H15F2NOS. The molecule has 1 aromatic carbocycles. The summed E-state index contributed by atoms with van der Waals surface area (Å²) in [5.74, 6) is -1.34. The topological polar surface area (TPSA) is 35.2 Å². The molecule has 0 fully saturated rings. The Balaban J connectivity index is 2.29. The predicted molar refractivity (Wildman–Crippen MR) is 72.4 cm³/mol. The van der Waals surface area contributed by atoms with Gasteiger partial charge in [-0.15, -0.1) is 11.3 Å². The maximum absolute atomic E-state index is 13.6. The number of benzene rings is 1. The van der Waals surface area contributed by atoms with Crippen molar-refractivity contribution in [1.82, 2.24) is 0 Å². The Morgan fingerprint density at radius 3 is 2.53 bits per heavy atom. The van der Waals surface area contributed by atoms with Crippen LogP contribution in [0.1, 0.15) is 23.5 Å². The van der Waals surface area contributed by atoms with Gasteiger partial charge in [0.15, 0.2) is 11.6 Å². The third-order valence-electron chi connectivity index (χ3n) is 2.79. The summed E-state index contributed by atoms with van der Waals surface area (Å²) in [4.78, 5) is 0.957. The van der Waals surface area contributed by atoms with Gasteiger partial charge in [0.1, 0.15) is 11.9 Å². The Labute approximate surface area is 114 Å². The van der Waals surface area contributed by atoms with Crippen LogP contribution in [-0.4, -0.2) is 6.04 Å². The van der Waals surface area contributed by atoms with Crippen molar-refractivity contribution in [2.24, 2.45) is 5.73 Å². The lowest BCUT2D eigenvalue weighted by molar-refractivity contribution is 0.175. The van der Waals surface area contributed by atoms with Gasteiger partial charge >= 0.3 is 0 Å². The molecule has 0 bridgehead atoms. The van der Waals surface area contributed by atoms with Crippen LogP contribution in [0.5, 0.6) is 5.75 Å². The largest absolute Gasteiger partial charge is 0.480 e. The highest BCUT2D eigenvalue weighted by Crippen LogP contribution is 2.31. The highest BCUT2D eigenvalue weighted by molar-refractivity contribution is 7.10. The molecule has 0 radical (unpaired) electrons. The molecule has 0 amide bonds. The molecule has 2 rings (SSSR count). The van der Waals surface area contributed by atoms with Gasteiger partial charge in [0.05, 0.1) is 0 Å². The van der Waals surface area contributed by atoms with Crippen molar-refractivity contribution in [1.29, 1.82) is 0 Å². The van der Waals surface area contributed by atoms with Crippen molar-refractivity contribution >= 4 is 11.3 Å². The average molecular weight is 283 g/mol. The van der Waals surface area contributed by atoms with E-state index >= 15 is 0 Å². The number of hydrogen-bond acceptors (Lipinski definition) is 3. The minimum atomic E-state index is -0.722. The second kappa shape index (κ2) is 5.67. The summed E-state index contributed by atoms with van der Waals surface area (Å²) in [6.45, 7) is 3.75. The normalized spacial score (nSPS) is 14.2. The van der Waals surface area contributed by atoms with Gasteiger partial charge in [-0.3, -0.25) is 0 Å². The maximum Gasteiger partial charge on any atom is 0.168 e. The van der Waals surface area contributed by atoms with Crippen molar-refractivity contribution in [2.45, 2.75) is 26.0 Å². The molecule has 0 spiro atoms. The number of halogens is 2. The zero-order valence-electron chi connectivity index (χ0n) is 10.7. The minimum absolute atomic E-state index is 0.0106. The number of nitrogens with two attached hydrogens (primary N) is 1. The zero-order valence-corrected chi connectivity index (χ0v) is 11.5. The van der Waals surface area contributed by atoms with Crippen LogP contribution in [-0.2, 0) is 0 Å². The third kappa shape index (κ3) is 3.11. The highest BCUT2D eigenvalue weighted by atomic mass is 32.1. The fourth-order valence-corrected chi connectivity index (χ4v) is 2.85. The summed E-state index contributed by atoms with van der Waals surface area (Å²) in [5, 5.41) is 1.93. The first-order valence-electron chi connectivity index (χ1n) is 5.90. The number of hydrogen-bond donors (Lipinski definition) is 1. The van der Waals surface area contributed by atoms with Crippen molar-refractivity contribution in [3.63, 3.8) is 0 Å². The molecule has 1 heterocycles. The third-order valence-corrected chi connectivity index (χ3v) is 3.87. The van der Waals surface area contributed by atoms with Crippen LogP contribution in [0.3, 0.4) is 0 Å². The number of aryl methyl sites for hydroxylation is 1. The molecule has 2 nitrogen and oxygen atoms in total. The summed E-state index contributed by atoms with van der Waals surface area (Å²) in [7, 11) is 0. The lowest BCUT2D eigenvalue weighted by Gasteiger charge is -2.22. The molecule has 0 aliphatic carbocycles. The first kappa shape index (κ1) is 14.0. The van der Waals surface area contributed by atoms with E-state index in [1.165, 1.54) is 17.4 Å². The Morgan fingerprint density at radius 2 is 2.00 bits per heavy atom. The molecular weight excluding hydrogens is 268 g/mol. The summed E-state index contributed by atoms with van der Waals surface area (Å²) in [6.07, 6.45) is -0.444. The first-order valence-corrected chi connectivity index (χ1v) is 6.78. The summed E-state index contributed by atoms with van der Waals surface area (Å²) in [6, 6.07) is 4.90. The molecule has 2 aromatic rings. The van der Waals surface area contributed by atoms with E-state index in [9.17, 15) is 8.78 Å². The van der Waals surface area contributed by atoms with Gasteiger partial charge in [0, 0.05) is 17.0 Å². The summed E-state index contributed by atoms with van der Waals surface area (Å²) >= 11 is 1.51. The van der Waals surface area contributed by atoms with Crippen LogP contribution < -0.4 is 10.5 Å². The van der Waals surface area contributed by atoms with E-state index in [-0.39, 0.29) is 11.8 Å². The molecule has 102 valence electrons. The van der Waals surface area contributed by atoms with E-state index in [1.807, 2.05) is 18.4 Å². The summed E-state index contributed by atoms with van der Waals surface area (Å²) < 4.78 is 32.1. The van der Waals surface area contributed by atoms with E-state index in [0.29, 0.717) is 0 Å². The Hall–Kier alpha value is -1.46. The van der Waals surface area contributed by atoms with Crippen molar-refractivity contribution < 1.29 is 13.5 Å². The molecule has 0 aliphatic rings. The first-order chi connectivity index (χ1) is 8.99. The van der Waals surface area contributed by atoms with E-state index < -0.39 is 17.7 Å². The van der Waals surface area contributed by atoms with Gasteiger partial charge in [-0.2, -0.15) is 0 Å². The van der Waals surface area contributed by atoms with E-state index in [1.54, 1.807) is 6.92 Å². The van der Waals surface area contributed by atoms with E-state index in [0.717, 1.165) is 22.6 Å². The van der Waals surface area contributed by atoms with Crippen LogP contribution in [0.2, 0.25) is 0 Å². The quantitative estimate of drug-likeness (QED) is 0.926. The van der Waals surface area contributed by atoms with Gasteiger partial charge in [0.2, 0.25) is 0 Å². The fraction of sp³-hybridized carbons (Fsp3) is 0.286. The van der Waals surface area contributed by atoms with Crippen molar-refractivity contribution in [3.05, 3.63) is 51.7 Å². The van der Waals surface area contributed by atoms with Crippen LogP contribution >= 0.6 is 11.3 Å². The SMILES string of the molecule is Cc1ccsc1C(Oc1ccc(F)cc1F)C(C)N. The second-order valence-corrected chi connectivity index (χ2v) is 5.39. The molecule has 5 heteroatoms. The fourth-order valence-electron chi connectivity index (χ4n) is 1.78. The minimum Gasteiger partial charge on any atom is -0.480 e. The average Bonchev–Trinajstić information content (AvgIpc) is 2.74. The molecule has 1 aromatic heterocycles. The Bertz CT molecular complexity index is 568. The molecule has 2 N–H and O–H groups in total. The van der Waals surface area contributed by atoms with Crippen molar-refractivity contribution in [2.75, 3.05) is 0 Å². The van der Waals surface area contributed by atoms with Crippen LogP contribution in [0.25, 0.3) is 0 Å². The number of rotatable bonds is 4. The van der Waals surface area contributed by atoms with Crippen LogP contribution in [0.4, 0.5) is 8.78 Å². The lowest BCUT2D eigenvalue weighted by Crippen LogP contribution is -2.29. The van der Waals surface area contributed by atoms with Crippen LogP contribution in [0, 0.1) is 18.6 Å². The smallest absolute Gasteiger partial charge is 0.168 e.